The summed E-state index contributed by atoms with van der Waals surface area (Å²) in [4.78, 5) is 15.0. The van der Waals surface area contributed by atoms with Gasteiger partial charge in [0.15, 0.2) is 5.66 Å². The van der Waals surface area contributed by atoms with Crippen molar-refractivity contribution in [1.82, 2.24) is 4.90 Å². The van der Waals surface area contributed by atoms with Gasteiger partial charge in [0.1, 0.15) is 5.76 Å². The van der Waals surface area contributed by atoms with Crippen LogP contribution < -0.4 is 5.32 Å². The normalized spacial score (nSPS) is 19.7. The predicted octanol–water partition coefficient (Wildman–Crippen LogP) is 4.22. The van der Waals surface area contributed by atoms with Gasteiger partial charge < -0.3 is 14.6 Å². The van der Waals surface area contributed by atoms with Crippen molar-refractivity contribution in [3.8, 4) is 0 Å². The number of carbonyl (C=O) groups excluding carboxylic acids is 1. The summed E-state index contributed by atoms with van der Waals surface area (Å²) in [5.74, 6) is 0.702. The Labute approximate surface area is 140 Å². The lowest BCUT2D eigenvalue weighted by atomic mass is 9.97. The number of furan rings is 1. The first kappa shape index (κ1) is 14.6. The highest BCUT2D eigenvalue weighted by atomic mass is 16.3. The molecule has 0 aliphatic carbocycles. The highest BCUT2D eigenvalue weighted by molar-refractivity contribution is 6.02. The standard InChI is InChI=1S/C20H18N2O2/c1-20(18-12-7-13-24-18)21-17-11-6-5-10-16(17)19(23)22(20)14-15-8-3-2-4-9-15/h2-13,21H,14H2,1H3. The average molecular weight is 318 g/mol. The van der Waals surface area contributed by atoms with Crippen LogP contribution in [0.25, 0.3) is 0 Å². The number of carbonyl (C=O) groups is 1. The van der Waals surface area contributed by atoms with Crippen molar-refractivity contribution in [2.24, 2.45) is 0 Å². The van der Waals surface area contributed by atoms with Crippen LogP contribution >= 0.6 is 0 Å². The molecule has 1 atom stereocenters. The van der Waals surface area contributed by atoms with E-state index in [4.69, 9.17) is 4.42 Å². The molecule has 3 aromatic rings. The molecule has 1 amide bonds. The van der Waals surface area contributed by atoms with E-state index in [1.807, 2.05) is 78.6 Å². The highest BCUT2D eigenvalue weighted by Gasteiger charge is 2.44. The molecule has 2 aromatic carbocycles. The summed E-state index contributed by atoms with van der Waals surface area (Å²) in [6.07, 6.45) is 1.63. The molecule has 1 aromatic heterocycles. The first-order chi connectivity index (χ1) is 11.7. The third-order valence-electron chi connectivity index (χ3n) is 4.51. The quantitative estimate of drug-likeness (QED) is 0.786. The zero-order chi connectivity index (χ0) is 16.6. The van der Waals surface area contributed by atoms with Crippen molar-refractivity contribution in [2.45, 2.75) is 19.1 Å². The fourth-order valence-corrected chi connectivity index (χ4v) is 3.20. The average Bonchev–Trinajstić information content (AvgIpc) is 3.15. The maximum absolute atomic E-state index is 13.2. The summed E-state index contributed by atoms with van der Waals surface area (Å²) >= 11 is 0. The monoisotopic (exact) mass is 318 g/mol. The van der Waals surface area contributed by atoms with Gasteiger partial charge in [0, 0.05) is 12.2 Å². The SMILES string of the molecule is CC1(c2ccco2)Nc2ccccc2C(=O)N1Cc1ccccc1. The second kappa shape index (κ2) is 5.57. The fraction of sp³-hybridized carbons (Fsp3) is 0.150. The van der Waals surface area contributed by atoms with E-state index < -0.39 is 5.66 Å². The molecular formula is C20H18N2O2. The van der Waals surface area contributed by atoms with Gasteiger partial charge in [0.05, 0.1) is 11.8 Å². The molecule has 0 saturated heterocycles. The molecule has 1 unspecified atom stereocenters. The number of nitrogens with zero attached hydrogens (tertiary/aromatic N) is 1. The maximum Gasteiger partial charge on any atom is 0.258 e. The van der Waals surface area contributed by atoms with E-state index in [-0.39, 0.29) is 5.91 Å². The van der Waals surface area contributed by atoms with Crippen LogP contribution in [0.4, 0.5) is 5.69 Å². The van der Waals surface area contributed by atoms with Crippen LogP contribution in [0.1, 0.15) is 28.6 Å². The van der Waals surface area contributed by atoms with E-state index in [9.17, 15) is 4.79 Å². The molecule has 1 aliphatic rings. The third kappa shape index (κ3) is 2.27. The number of anilines is 1. The molecule has 0 radical (unpaired) electrons. The summed E-state index contributed by atoms with van der Waals surface area (Å²) in [5.41, 5.74) is 1.83. The number of nitrogens with one attached hydrogen (secondary N) is 1. The van der Waals surface area contributed by atoms with E-state index in [1.54, 1.807) is 6.26 Å². The van der Waals surface area contributed by atoms with Gasteiger partial charge in [-0.2, -0.15) is 0 Å². The Hall–Kier alpha value is -3.01. The number of rotatable bonds is 3. The molecule has 120 valence electrons. The Morgan fingerprint density at radius 2 is 1.75 bits per heavy atom. The second-order valence-corrected chi connectivity index (χ2v) is 6.10. The molecule has 24 heavy (non-hydrogen) atoms. The van der Waals surface area contributed by atoms with Crippen molar-refractivity contribution >= 4 is 11.6 Å². The summed E-state index contributed by atoms with van der Waals surface area (Å²) in [7, 11) is 0. The molecule has 0 saturated carbocycles. The van der Waals surface area contributed by atoms with Crippen LogP contribution in [0.3, 0.4) is 0 Å². The predicted molar refractivity (Wildman–Crippen MR) is 92.4 cm³/mol. The molecular weight excluding hydrogens is 300 g/mol. The minimum atomic E-state index is -0.745. The van der Waals surface area contributed by atoms with Crippen molar-refractivity contribution in [3.63, 3.8) is 0 Å². The molecule has 1 N–H and O–H groups in total. The smallest absolute Gasteiger partial charge is 0.258 e. The minimum Gasteiger partial charge on any atom is -0.465 e. The highest BCUT2D eigenvalue weighted by Crippen LogP contribution is 2.38. The minimum absolute atomic E-state index is 0.00731. The summed E-state index contributed by atoms with van der Waals surface area (Å²) in [5, 5.41) is 3.49. The Morgan fingerprint density at radius 3 is 2.50 bits per heavy atom. The molecule has 2 heterocycles. The van der Waals surface area contributed by atoms with Crippen LogP contribution in [0.2, 0.25) is 0 Å². The van der Waals surface area contributed by atoms with Gasteiger partial charge in [-0.1, -0.05) is 42.5 Å². The molecule has 4 nitrogen and oxygen atoms in total. The maximum atomic E-state index is 13.2. The van der Waals surface area contributed by atoms with Crippen LogP contribution in [-0.2, 0) is 12.2 Å². The van der Waals surface area contributed by atoms with E-state index in [0.29, 0.717) is 17.9 Å². The lowest BCUT2D eigenvalue weighted by Gasteiger charge is -2.45. The number of hydrogen-bond acceptors (Lipinski definition) is 3. The number of benzene rings is 2. The van der Waals surface area contributed by atoms with E-state index in [2.05, 4.69) is 5.32 Å². The van der Waals surface area contributed by atoms with Crippen LogP contribution in [-0.4, -0.2) is 10.8 Å². The van der Waals surface area contributed by atoms with Crippen LogP contribution in [0, 0.1) is 0 Å². The van der Waals surface area contributed by atoms with E-state index in [0.717, 1.165) is 11.3 Å². The van der Waals surface area contributed by atoms with E-state index in [1.165, 1.54) is 0 Å². The molecule has 0 bridgehead atoms. The largest absolute Gasteiger partial charge is 0.465 e. The number of para-hydroxylation sites is 1. The van der Waals surface area contributed by atoms with Gasteiger partial charge in [0.25, 0.3) is 5.91 Å². The number of hydrogen-bond donors (Lipinski definition) is 1. The Morgan fingerprint density at radius 1 is 1.00 bits per heavy atom. The fourth-order valence-electron chi connectivity index (χ4n) is 3.20. The Balaban J connectivity index is 1.82. The van der Waals surface area contributed by atoms with Crippen molar-refractivity contribution < 1.29 is 9.21 Å². The third-order valence-corrected chi connectivity index (χ3v) is 4.51. The second-order valence-electron chi connectivity index (χ2n) is 6.10. The van der Waals surface area contributed by atoms with Gasteiger partial charge in [-0.25, -0.2) is 0 Å². The Bertz CT molecular complexity index is 858. The van der Waals surface area contributed by atoms with Gasteiger partial charge in [-0.3, -0.25) is 4.79 Å². The van der Waals surface area contributed by atoms with E-state index >= 15 is 0 Å². The van der Waals surface area contributed by atoms with Gasteiger partial charge in [-0.15, -0.1) is 0 Å². The van der Waals surface area contributed by atoms with Crippen molar-refractivity contribution in [2.75, 3.05) is 5.32 Å². The van der Waals surface area contributed by atoms with Gasteiger partial charge in [0.2, 0.25) is 0 Å². The first-order valence-electron chi connectivity index (χ1n) is 7.95. The number of fused-ring (bicyclic) bond motifs is 1. The Kier molecular flexibility index (Phi) is 3.38. The molecule has 4 rings (SSSR count). The van der Waals surface area contributed by atoms with Crippen molar-refractivity contribution in [1.29, 1.82) is 0 Å². The van der Waals surface area contributed by atoms with Crippen LogP contribution in [0.5, 0.6) is 0 Å². The van der Waals surface area contributed by atoms with Crippen molar-refractivity contribution in [3.05, 3.63) is 89.9 Å². The van der Waals surface area contributed by atoms with Crippen LogP contribution in [0.15, 0.2) is 77.4 Å². The molecule has 0 spiro atoms. The van der Waals surface area contributed by atoms with Gasteiger partial charge >= 0.3 is 0 Å². The lowest BCUT2D eigenvalue weighted by molar-refractivity contribution is 0.0457. The summed E-state index contributed by atoms with van der Waals surface area (Å²) in [6.45, 7) is 2.47. The zero-order valence-electron chi connectivity index (χ0n) is 13.4. The number of amides is 1. The molecule has 4 heteroatoms. The first-order valence-corrected chi connectivity index (χ1v) is 7.95. The lowest BCUT2D eigenvalue weighted by Crippen LogP contribution is -2.55. The van der Waals surface area contributed by atoms with Gasteiger partial charge in [-0.05, 0) is 36.8 Å². The molecule has 0 fully saturated rings. The summed E-state index contributed by atoms with van der Waals surface area (Å²) in [6, 6.07) is 21.3. The topological polar surface area (TPSA) is 45.5 Å². The zero-order valence-corrected chi connectivity index (χ0v) is 13.4. The molecule has 1 aliphatic heterocycles. The summed E-state index contributed by atoms with van der Waals surface area (Å²) < 4.78 is 5.65.